The highest BCUT2D eigenvalue weighted by Crippen LogP contribution is 2.03. The van der Waals surface area contributed by atoms with Crippen molar-refractivity contribution in [3.63, 3.8) is 0 Å². The number of nitrogens with zero attached hydrogens (tertiary/aromatic N) is 3. The Balaban J connectivity index is 2.27. The fraction of sp³-hybridized carbons (Fsp3) is 0.500. The molecular weight excluding hydrogens is 152 g/mol. The summed E-state index contributed by atoms with van der Waals surface area (Å²) in [6.07, 6.45) is 1.78. The van der Waals surface area contributed by atoms with Crippen molar-refractivity contribution in [1.29, 1.82) is 0 Å². The largest absolute Gasteiger partial charge is 0.364 e. The first-order chi connectivity index (χ1) is 5.77. The first kappa shape index (κ1) is 7.34. The Kier molecular flexibility index (Phi) is 1.60. The van der Waals surface area contributed by atoms with Gasteiger partial charge in [-0.3, -0.25) is 9.67 Å². The van der Waals surface area contributed by atoms with E-state index in [2.05, 4.69) is 22.3 Å². The smallest absolute Gasteiger partial charge is 0.147 e. The Morgan fingerprint density at radius 2 is 2.50 bits per heavy atom. The maximum absolute atomic E-state index is 4.36. The quantitative estimate of drug-likeness (QED) is 0.642. The molecular formula is C8H12N4. The number of nitrogens with one attached hydrogen (secondary N) is 1. The van der Waals surface area contributed by atoms with Gasteiger partial charge in [-0.25, -0.2) is 0 Å². The minimum Gasteiger partial charge on any atom is -0.364 e. The minimum atomic E-state index is 0.454. The summed E-state index contributed by atoms with van der Waals surface area (Å²) in [6, 6.07) is 2.42. The SMILES string of the molecule is CC1CN=C(c2ccnn2C)N1. The molecule has 0 aromatic carbocycles. The third-order valence-corrected chi connectivity index (χ3v) is 1.97. The van der Waals surface area contributed by atoms with Crippen molar-refractivity contribution in [1.82, 2.24) is 15.1 Å². The second kappa shape index (κ2) is 2.62. The van der Waals surface area contributed by atoms with E-state index in [1.165, 1.54) is 0 Å². The second-order valence-electron chi connectivity index (χ2n) is 3.07. The lowest BCUT2D eigenvalue weighted by Gasteiger charge is -2.05. The summed E-state index contributed by atoms with van der Waals surface area (Å²) < 4.78 is 1.82. The molecule has 4 nitrogen and oxygen atoms in total. The van der Waals surface area contributed by atoms with Crippen LogP contribution < -0.4 is 5.32 Å². The first-order valence-electron chi connectivity index (χ1n) is 4.07. The molecule has 12 heavy (non-hydrogen) atoms. The Morgan fingerprint density at radius 1 is 1.67 bits per heavy atom. The molecule has 0 radical (unpaired) electrons. The van der Waals surface area contributed by atoms with Crippen molar-refractivity contribution in [3.05, 3.63) is 18.0 Å². The molecule has 1 aromatic rings. The van der Waals surface area contributed by atoms with Crippen LogP contribution in [0.3, 0.4) is 0 Å². The van der Waals surface area contributed by atoms with E-state index < -0.39 is 0 Å². The highest BCUT2D eigenvalue weighted by molar-refractivity contribution is 5.98. The van der Waals surface area contributed by atoms with Gasteiger partial charge in [0.2, 0.25) is 0 Å². The Labute approximate surface area is 71.3 Å². The zero-order valence-corrected chi connectivity index (χ0v) is 7.28. The van der Waals surface area contributed by atoms with Crippen molar-refractivity contribution in [2.75, 3.05) is 6.54 Å². The van der Waals surface area contributed by atoms with Crippen LogP contribution in [0.25, 0.3) is 0 Å². The van der Waals surface area contributed by atoms with Gasteiger partial charge in [0, 0.05) is 19.3 Å². The topological polar surface area (TPSA) is 42.2 Å². The van der Waals surface area contributed by atoms with E-state index in [-0.39, 0.29) is 0 Å². The van der Waals surface area contributed by atoms with E-state index in [9.17, 15) is 0 Å². The standard InChI is InChI=1S/C8H12N4/c1-6-5-9-8(11-6)7-3-4-10-12(7)2/h3-4,6H,5H2,1-2H3,(H,9,11). The summed E-state index contributed by atoms with van der Waals surface area (Å²) in [5.41, 5.74) is 1.05. The van der Waals surface area contributed by atoms with E-state index in [4.69, 9.17) is 0 Å². The van der Waals surface area contributed by atoms with Gasteiger partial charge in [0.1, 0.15) is 11.5 Å². The molecule has 0 spiro atoms. The highest BCUT2D eigenvalue weighted by atomic mass is 15.3. The van der Waals surface area contributed by atoms with Crippen molar-refractivity contribution in [3.8, 4) is 0 Å². The molecule has 1 aliphatic heterocycles. The predicted molar refractivity (Wildman–Crippen MR) is 47.2 cm³/mol. The van der Waals surface area contributed by atoms with Crippen LogP contribution in [0.5, 0.6) is 0 Å². The van der Waals surface area contributed by atoms with Crippen molar-refractivity contribution in [2.24, 2.45) is 12.0 Å². The molecule has 2 rings (SSSR count). The lowest BCUT2D eigenvalue weighted by atomic mass is 10.3. The fourth-order valence-electron chi connectivity index (χ4n) is 1.31. The summed E-state index contributed by atoms with van der Waals surface area (Å²) in [5.74, 6) is 0.961. The third kappa shape index (κ3) is 1.09. The average molecular weight is 164 g/mol. The lowest BCUT2D eigenvalue weighted by molar-refractivity contribution is 0.717. The van der Waals surface area contributed by atoms with Gasteiger partial charge in [-0.15, -0.1) is 0 Å². The molecule has 64 valence electrons. The maximum atomic E-state index is 4.36. The van der Waals surface area contributed by atoms with Crippen molar-refractivity contribution >= 4 is 5.84 Å². The molecule has 0 amide bonds. The Bertz CT molecular complexity index is 313. The monoisotopic (exact) mass is 164 g/mol. The van der Waals surface area contributed by atoms with E-state index >= 15 is 0 Å². The van der Waals surface area contributed by atoms with E-state index in [0.717, 1.165) is 18.1 Å². The van der Waals surface area contributed by atoms with E-state index in [1.807, 2.05) is 17.8 Å². The van der Waals surface area contributed by atoms with Gasteiger partial charge >= 0.3 is 0 Å². The third-order valence-electron chi connectivity index (χ3n) is 1.97. The van der Waals surface area contributed by atoms with Gasteiger partial charge in [0.15, 0.2) is 0 Å². The summed E-state index contributed by atoms with van der Waals surface area (Å²) in [4.78, 5) is 4.36. The van der Waals surface area contributed by atoms with Gasteiger partial charge in [0.05, 0.1) is 6.54 Å². The molecule has 1 aliphatic rings. The van der Waals surface area contributed by atoms with E-state index in [1.54, 1.807) is 6.20 Å². The van der Waals surface area contributed by atoms with Gasteiger partial charge in [0.25, 0.3) is 0 Å². The highest BCUT2D eigenvalue weighted by Gasteiger charge is 2.15. The number of rotatable bonds is 1. The molecule has 1 aromatic heterocycles. The average Bonchev–Trinajstić information content (AvgIpc) is 2.58. The molecule has 2 heterocycles. The van der Waals surface area contributed by atoms with Crippen LogP contribution >= 0.6 is 0 Å². The molecule has 0 aliphatic carbocycles. The van der Waals surface area contributed by atoms with Crippen LogP contribution in [0.2, 0.25) is 0 Å². The summed E-state index contributed by atoms with van der Waals surface area (Å²) in [6.45, 7) is 2.98. The summed E-state index contributed by atoms with van der Waals surface area (Å²) in [7, 11) is 1.92. The van der Waals surface area contributed by atoms with Crippen LogP contribution in [-0.4, -0.2) is 28.2 Å². The predicted octanol–water partition coefficient (Wildman–Crippen LogP) is 0.158. The molecule has 0 saturated heterocycles. The van der Waals surface area contributed by atoms with Gasteiger partial charge in [-0.1, -0.05) is 0 Å². The number of amidine groups is 1. The molecule has 1 N–H and O–H groups in total. The number of aromatic nitrogens is 2. The van der Waals surface area contributed by atoms with Crippen LogP contribution in [-0.2, 0) is 7.05 Å². The van der Waals surface area contributed by atoms with E-state index in [0.29, 0.717) is 6.04 Å². The molecule has 0 fully saturated rings. The molecule has 1 atom stereocenters. The Morgan fingerprint density at radius 3 is 3.00 bits per heavy atom. The van der Waals surface area contributed by atoms with Gasteiger partial charge < -0.3 is 5.32 Å². The van der Waals surface area contributed by atoms with Gasteiger partial charge in [-0.2, -0.15) is 5.10 Å². The maximum Gasteiger partial charge on any atom is 0.147 e. The molecule has 0 bridgehead atoms. The van der Waals surface area contributed by atoms with Crippen LogP contribution in [0.15, 0.2) is 17.3 Å². The van der Waals surface area contributed by atoms with Crippen LogP contribution in [0, 0.1) is 0 Å². The summed E-state index contributed by atoms with van der Waals surface area (Å²) in [5, 5.41) is 7.37. The van der Waals surface area contributed by atoms with Crippen molar-refractivity contribution in [2.45, 2.75) is 13.0 Å². The van der Waals surface area contributed by atoms with Gasteiger partial charge in [-0.05, 0) is 13.0 Å². The van der Waals surface area contributed by atoms with Crippen LogP contribution in [0.4, 0.5) is 0 Å². The summed E-state index contributed by atoms with van der Waals surface area (Å²) >= 11 is 0. The molecule has 1 unspecified atom stereocenters. The number of aliphatic imine (C=N–C) groups is 1. The number of aryl methyl sites for hydroxylation is 1. The lowest BCUT2D eigenvalue weighted by Crippen LogP contribution is -2.29. The first-order valence-corrected chi connectivity index (χ1v) is 4.07. The normalized spacial score (nSPS) is 22.2. The fourth-order valence-corrected chi connectivity index (χ4v) is 1.31. The second-order valence-corrected chi connectivity index (χ2v) is 3.07. The van der Waals surface area contributed by atoms with Crippen molar-refractivity contribution < 1.29 is 0 Å². The molecule has 4 heteroatoms. The molecule has 0 saturated carbocycles. The van der Waals surface area contributed by atoms with Crippen LogP contribution in [0.1, 0.15) is 12.6 Å². The Hall–Kier alpha value is -1.32. The minimum absolute atomic E-state index is 0.454. The zero-order valence-electron chi connectivity index (χ0n) is 7.28. The zero-order chi connectivity index (χ0) is 8.55. The number of hydrogen-bond donors (Lipinski definition) is 1. The number of hydrogen-bond acceptors (Lipinski definition) is 3.